The molecule has 1 N–H and O–H groups in total. The second-order valence-electron chi connectivity index (χ2n) is 7.52. The molecule has 25 heavy (non-hydrogen) atoms. The molecule has 132 valence electrons. The first kappa shape index (κ1) is 16.7. The van der Waals surface area contributed by atoms with Crippen LogP contribution in [0.15, 0.2) is 6.33 Å². The maximum atomic E-state index is 6.02. The zero-order chi connectivity index (χ0) is 17.8. The van der Waals surface area contributed by atoms with Crippen LogP contribution in [0.25, 0.3) is 20.4 Å². The Hall–Kier alpha value is -1.79. The quantitative estimate of drug-likeness (QED) is 0.742. The zero-order valence-electron chi connectivity index (χ0n) is 15.4. The molecule has 6 heteroatoms. The zero-order valence-corrected chi connectivity index (χ0v) is 16.3. The van der Waals surface area contributed by atoms with Crippen molar-refractivity contribution < 1.29 is 4.74 Å². The number of aryl methyl sites for hydroxylation is 1. The molecule has 0 bridgehead atoms. The van der Waals surface area contributed by atoms with Gasteiger partial charge in [0.15, 0.2) is 0 Å². The van der Waals surface area contributed by atoms with Gasteiger partial charge >= 0.3 is 0 Å². The molecule has 0 spiro atoms. The van der Waals surface area contributed by atoms with Gasteiger partial charge in [0.05, 0.1) is 22.4 Å². The summed E-state index contributed by atoms with van der Waals surface area (Å²) in [4.78, 5) is 15.0. The Bertz CT molecular complexity index is 963. The van der Waals surface area contributed by atoms with Gasteiger partial charge in [-0.15, -0.1) is 11.3 Å². The van der Waals surface area contributed by atoms with E-state index in [4.69, 9.17) is 9.72 Å². The van der Waals surface area contributed by atoms with Gasteiger partial charge in [-0.1, -0.05) is 6.92 Å². The number of rotatable bonds is 3. The van der Waals surface area contributed by atoms with Crippen molar-refractivity contribution in [3.63, 3.8) is 0 Å². The Morgan fingerprint density at radius 3 is 2.88 bits per heavy atom. The molecule has 0 unspecified atom stereocenters. The van der Waals surface area contributed by atoms with Crippen molar-refractivity contribution in [3.8, 4) is 0 Å². The van der Waals surface area contributed by atoms with Crippen LogP contribution in [0.4, 0.5) is 5.82 Å². The van der Waals surface area contributed by atoms with Gasteiger partial charge in [-0.2, -0.15) is 0 Å². The third kappa shape index (κ3) is 2.77. The normalized spacial score (nSPS) is 17.6. The van der Waals surface area contributed by atoms with E-state index in [0.29, 0.717) is 12.6 Å². The van der Waals surface area contributed by atoms with Crippen molar-refractivity contribution in [2.24, 2.45) is 0 Å². The van der Waals surface area contributed by atoms with E-state index in [0.717, 1.165) is 39.4 Å². The predicted octanol–water partition coefficient (Wildman–Crippen LogP) is 4.61. The number of anilines is 1. The molecule has 5 nitrogen and oxygen atoms in total. The van der Waals surface area contributed by atoms with Gasteiger partial charge in [-0.05, 0) is 39.7 Å². The Morgan fingerprint density at radius 1 is 1.32 bits per heavy atom. The summed E-state index contributed by atoms with van der Waals surface area (Å²) in [6.45, 7) is 11.3. The van der Waals surface area contributed by atoms with Crippen LogP contribution < -0.4 is 5.32 Å². The monoisotopic (exact) mass is 356 g/mol. The molecule has 3 aromatic rings. The van der Waals surface area contributed by atoms with Gasteiger partial charge in [0.1, 0.15) is 17.0 Å². The van der Waals surface area contributed by atoms with Gasteiger partial charge in [0.2, 0.25) is 0 Å². The summed E-state index contributed by atoms with van der Waals surface area (Å²) in [6, 6.07) is 0.374. The fourth-order valence-electron chi connectivity index (χ4n) is 3.41. The van der Waals surface area contributed by atoms with Crippen LogP contribution in [0.1, 0.15) is 50.9 Å². The van der Waals surface area contributed by atoms with Crippen LogP contribution in [0.3, 0.4) is 0 Å². The lowest BCUT2D eigenvalue weighted by Gasteiger charge is -2.32. The summed E-state index contributed by atoms with van der Waals surface area (Å²) >= 11 is 1.69. The highest BCUT2D eigenvalue weighted by Gasteiger charge is 2.30. The maximum absolute atomic E-state index is 6.02. The topological polar surface area (TPSA) is 59.9 Å². The van der Waals surface area contributed by atoms with Gasteiger partial charge in [-0.3, -0.25) is 0 Å². The Kier molecular flexibility index (Phi) is 3.92. The van der Waals surface area contributed by atoms with E-state index in [2.05, 4.69) is 49.9 Å². The summed E-state index contributed by atoms with van der Waals surface area (Å²) in [7, 11) is 0. The largest absolute Gasteiger partial charge is 0.370 e. The van der Waals surface area contributed by atoms with E-state index >= 15 is 0 Å². The Morgan fingerprint density at radius 2 is 2.12 bits per heavy atom. The SMILES string of the molecule is CC[C@@H](C)Nc1ncnc2c1sc1nc(C)c3c(c12)CC(C)(C)OC3. The van der Waals surface area contributed by atoms with Gasteiger partial charge in [-0.25, -0.2) is 15.0 Å². The highest BCUT2D eigenvalue weighted by atomic mass is 32.1. The van der Waals surface area contributed by atoms with Gasteiger partial charge < -0.3 is 10.1 Å². The van der Waals surface area contributed by atoms with Gasteiger partial charge in [0.25, 0.3) is 0 Å². The molecular formula is C19H24N4OS. The third-order valence-electron chi connectivity index (χ3n) is 5.03. The fraction of sp³-hybridized carbons (Fsp3) is 0.526. The van der Waals surface area contributed by atoms with Crippen LogP contribution in [-0.2, 0) is 17.8 Å². The van der Waals surface area contributed by atoms with Gasteiger partial charge in [0, 0.05) is 29.1 Å². The number of nitrogens with one attached hydrogen (secondary N) is 1. The van der Waals surface area contributed by atoms with Crippen LogP contribution >= 0.6 is 11.3 Å². The van der Waals surface area contributed by atoms with Crippen LogP contribution in [0, 0.1) is 6.92 Å². The van der Waals surface area contributed by atoms with Crippen molar-refractivity contribution in [2.75, 3.05) is 5.32 Å². The number of fused-ring (bicyclic) bond motifs is 5. The molecule has 1 aliphatic heterocycles. The van der Waals surface area contributed by atoms with Crippen molar-refractivity contribution in [3.05, 3.63) is 23.1 Å². The second-order valence-corrected chi connectivity index (χ2v) is 8.51. The molecular weight excluding hydrogens is 332 g/mol. The lowest BCUT2D eigenvalue weighted by Crippen LogP contribution is -2.32. The molecule has 1 aliphatic rings. The van der Waals surface area contributed by atoms with E-state index in [1.807, 2.05) is 0 Å². The highest BCUT2D eigenvalue weighted by Crippen LogP contribution is 2.41. The minimum Gasteiger partial charge on any atom is -0.370 e. The first-order valence-electron chi connectivity index (χ1n) is 8.85. The van der Waals surface area contributed by atoms with E-state index in [9.17, 15) is 0 Å². The number of pyridine rings is 1. The number of thiophene rings is 1. The standard InChI is InChI=1S/C19H24N4OS/c1-6-10(2)22-17-16-15(20-9-21-17)14-12-7-19(4,5)24-8-13(12)11(3)23-18(14)25-16/h9-10H,6-8H2,1-5H3,(H,20,21,22)/t10-/m1/s1. The Labute approximate surface area is 151 Å². The fourth-order valence-corrected chi connectivity index (χ4v) is 4.56. The van der Waals surface area contributed by atoms with E-state index < -0.39 is 0 Å². The third-order valence-corrected chi connectivity index (χ3v) is 6.11. The summed E-state index contributed by atoms with van der Waals surface area (Å²) in [5.41, 5.74) is 4.49. The molecule has 4 heterocycles. The number of hydrogen-bond donors (Lipinski definition) is 1. The van der Waals surface area contributed by atoms with Crippen molar-refractivity contribution in [1.29, 1.82) is 0 Å². The molecule has 0 aliphatic carbocycles. The number of hydrogen-bond acceptors (Lipinski definition) is 6. The smallest absolute Gasteiger partial charge is 0.147 e. The number of aromatic nitrogens is 3. The van der Waals surface area contributed by atoms with E-state index in [1.165, 1.54) is 16.5 Å². The molecule has 4 rings (SSSR count). The molecule has 1 atom stereocenters. The number of nitrogens with zero attached hydrogens (tertiary/aromatic N) is 3. The molecule has 0 aromatic carbocycles. The van der Waals surface area contributed by atoms with Crippen LogP contribution in [0.5, 0.6) is 0 Å². The van der Waals surface area contributed by atoms with Crippen molar-refractivity contribution >= 4 is 37.6 Å². The minimum absolute atomic E-state index is 0.160. The van der Waals surface area contributed by atoms with Crippen LogP contribution in [-0.4, -0.2) is 26.6 Å². The first-order valence-corrected chi connectivity index (χ1v) is 9.67. The minimum atomic E-state index is -0.160. The average molecular weight is 356 g/mol. The summed E-state index contributed by atoms with van der Waals surface area (Å²) in [6.07, 6.45) is 3.59. The van der Waals surface area contributed by atoms with E-state index in [-0.39, 0.29) is 5.60 Å². The summed E-state index contributed by atoms with van der Waals surface area (Å²) in [5, 5.41) is 4.70. The van der Waals surface area contributed by atoms with Crippen molar-refractivity contribution in [1.82, 2.24) is 15.0 Å². The molecule has 0 saturated heterocycles. The molecule has 0 fully saturated rings. The van der Waals surface area contributed by atoms with Crippen molar-refractivity contribution in [2.45, 2.75) is 65.7 Å². The highest BCUT2D eigenvalue weighted by molar-refractivity contribution is 7.26. The molecule has 3 aromatic heterocycles. The second kappa shape index (κ2) is 5.88. The molecule has 0 saturated carbocycles. The maximum Gasteiger partial charge on any atom is 0.147 e. The first-order chi connectivity index (χ1) is 11.9. The lowest BCUT2D eigenvalue weighted by molar-refractivity contribution is -0.0400. The van der Waals surface area contributed by atoms with Crippen LogP contribution in [0.2, 0.25) is 0 Å². The number of ether oxygens (including phenoxy) is 1. The summed E-state index contributed by atoms with van der Waals surface area (Å²) in [5.74, 6) is 0.917. The molecule has 0 radical (unpaired) electrons. The molecule has 0 amide bonds. The summed E-state index contributed by atoms with van der Waals surface area (Å²) < 4.78 is 7.12. The van der Waals surface area contributed by atoms with E-state index in [1.54, 1.807) is 17.7 Å². The lowest BCUT2D eigenvalue weighted by atomic mass is 9.89. The Balaban J connectivity index is 1.99. The predicted molar refractivity (Wildman–Crippen MR) is 103 cm³/mol. The average Bonchev–Trinajstić information content (AvgIpc) is 2.93.